The Labute approximate surface area is 149 Å². The van der Waals surface area contributed by atoms with Crippen molar-refractivity contribution in [2.75, 3.05) is 25.1 Å². The topological polar surface area (TPSA) is 88.3 Å². The van der Waals surface area contributed by atoms with E-state index >= 15 is 0 Å². The number of nitrogens with zero attached hydrogens (tertiary/aromatic N) is 2. The van der Waals surface area contributed by atoms with Crippen LogP contribution in [0.4, 0.5) is 11.4 Å². The SMILES string of the molecule is Cc1nc2sc(C(=O)N(C)C)c(N)c2cc1C(=O)Nc1ccccc1. The number of aromatic nitrogens is 1. The van der Waals surface area contributed by atoms with Crippen LogP contribution in [0.3, 0.4) is 0 Å². The lowest BCUT2D eigenvalue weighted by atomic mass is 10.1. The van der Waals surface area contributed by atoms with Gasteiger partial charge in [0, 0.05) is 25.2 Å². The van der Waals surface area contributed by atoms with Crippen LogP contribution >= 0.6 is 11.3 Å². The van der Waals surface area contributed by atoms with Crippen LogP contribution in [0.25, 0.3) is 10.2 Å². The third kappa shape index (κ3) is 3.18. The Morgan fingerprint density at radius 3 is 2.52 bits per heavy atom. The quantitative estimate of drug-likeness (QED) is 0.756. The Morgan fingerprint density at radius 2 is 1.88 bits per heavy atom. The summed E-state index contributed by atoms with van der Waals surface area (Å²) in [6.07, 6.45) is 0. The zero-order chi connectivity index (χ0) is 18.1. The van der Waals surface area contributed by atoms with Crippen molar-refractivity contribution < 1.29 is 9.59 Å². The summed E-state index contributed by atoms with van der Waals surface area (Å²) in [4.78, 5) is 31.8. The Hall–Kier alpha value is -2.93. The molecule has 2 heterocycles. The summed E-state index contributed by atoms with van der Waals surface area (Å²) in [5.74, 6) is -0.433. The molecule has 2 amide bonds. The molecule has 7 heteroatoms. The van der Waals surface area contributed by atoms with Gasteiger partial charge in [-0.25, -0.2) is 4.98 Å². The summed E-state index contributed by atoms with van der Waals surface area (Å²) in [6.45, 7) is 1.77. The molecule has 128 valence electrons. The Morgan fingerprint density at radius 1 is 1.20 bits per heavy atom. The van der Waals surface area contributed by atoms with Gasteiger partial charge in [0.25, 0.3) is 11.8 Å². The molecule has 0 aliphatic carbocycles. The number of para-hydroxylation sites is 1. The van der Waals surface area contributed by atoms with Crippen molar-refractivity contribution in [3.8, 4) is 0 Å². The molecule has 0 aliphatic heterocycles. The standard InChI is InChI=1S/C18H18N4O2S/c1-10-12(16(23)21-11-7-5-4-6-8-11)9-13-14(19)15(18(24)22(2)3)25-17(13)20-10/h4-9H,19H2,1-3H3,(H,21,23). The van der Waals surface area contributed by atoms with Gasteiger partial charge in [-0.1, -0.05) is 18.2 Å². The van der Waals surface area contributed by atoms with E-state index in [1.54, 1.807) is 27.1 Å². The summed E-state index contributed by atoms with van der Waals surface area (Å²) >= 11 is 1.24. The van der Waals surface area contributed by atoms with Gasteiger partial charge in [-0.2, -0.15) is 0 Å². The summed E-state index contributed by atoms with van der Waals surface area (Å²) in [5.41, 5.74) is 8.23. The van der Waals surface area contributed by atoms with Crippen LogP contribution < -0.4 is 11.1 Å². The molecule has 3 N–H and O–H groups in total. The molecule has 0 aliphatic rings. The number of carbonyl (C=O) groups excluding carboxylic acids is 2. The Kier molecular flexibility index (Phi) is 4.41. The van der Waals surface area contributed by atoms with E-state index in [1.165, 1.54) is 16.2 Å². The van der Waals surface area contributed by atoms with Crippen LogP contribution in [-0.4, -0.2) is 35.8 Å². The third-order valence-corrected chi connectivity index (χ3v) is 4.89. The van der Waals surface area contributed by atoms with E-state index in [9.17, 15) is 9.59 Å². The second-order valence-electron chi connectivity index (χ2n) is 5.84. The van der Waals surface area contributed by atoms with E-state index in [0.717, 1.165) is 0 Å². The van der Waals surface area contributed by atoms with Crippen LogP contribution in [0.15, 0.2) is 36.4 Å². The monoisotopic (exact) mass is 354 g/mol. The van der Waals surface area contributed by atoms with Crippen LogP contribution in [-0.2, 0) is 0 Å². The molecule has 6 nitrogen and oxygen atoms in total. The summed E-state index contributed by atoms with van der Waals surface area (Å²) in [6, 6.07) is 10.9. The molecule has 3 rings (SSSR count). The molecule has 0 radical (unpaired) electrons. The highest BCUT2D eigenvalue weighted by Crippen LogP contribution is 2.34. The molecule has 25 heavy (non-hydrogen) atoms. The highest BCUT2D eigenvalue weighted by Gasteiger charge is 2.21. The smallest absolute Gasteiger partial charge is 0.265 e. The van der Waals surface area contributed by atoms with E-state index in [4.69, 9.17) is 5.73 Å². The van der Waals surface area contributed by atoms with E-state index < -0.39 is 0 Å². The predicted octanol–water partition coefficient (Wildman–Crippen LogP) is 3.14. The van der Waals surface area contributed by atoms with Gasteiger partial charge in [-0.05, 0) is 25.1 Å². The maximum atomic E-state index is 12.6. The number of carbonyl (C=O) groups is 2. The highest BCUT2D eigenvalue weighted by atomic mass is 32.1. The number of fused-ring (bicyclic) bond motifs is 1. The minimum absolute atomic E-state index is 0.173. The largest absolute Gasteiger partial charge is 0.397 e. The second-order valence-corrected chi connectivity index (χ2v) is 6.84. The first-order valence-electron chi connectivity index (χ1n) is 7.66. The van der Waals surface area contributed by atoms with Crippen molar-refractivity contribution in [2.45, 2.75) is 6.92 Å². The molecule has 0 spiro atoms. The lowest BCUT2D eigenvalue weighted by molar-refractivity contribution is 0.0833. The number of nitrogens with one attached hydrogen (secondary N) is 1. The number of benzene rings is 1. The molecule has 0 saturated carbocycles. The van der Waals surface area contributed by atoms with Gasteiger partial charge in [0.1, 0.15) is 9.71 Å². The lowest BCUT2D eigenvalue weighted by Gasteiger charge is -2.08. The predicted molar refractivity (Wildman–Crippen MR) is 101 cm³/mol. The fourth-order valence-corrected chi connectivity index (χ4v) is 3.58. The minimum atomic E-state index is -0.260. The number of rotatable bonds is 3. The van der Waals surface area contributed by atoms with E-state index in [1.807, 2.05) is 30.3 Å². The van der Waals surface area contributed by atoms with Crippen LogP contribution in [0.1, 0.15) is 25.7 Å². The number of thiophene rings is 1. The maximum Gasteiger partial charge on any atom is 0.265 e. The molecule has 0 bridgehead atoms. The van der Waals surface area contributed by atoms with Crippen molar-refractivity contribution in [3.63, 3.8) is 0 Å². The molecular weight excluding hydrogens is 336 g/mol. The first kappa shape index (κ1) is 16.9. The molecule has 0 unspecified atom stereocenters. The molecule has 0 saturated heterocycles. The van der Waals surface area contributed by atoms with Gasteiger partial charge in [-0.15, -0.1) is 11.3 Å². The Bertz CT molecular complexity index is 964. The number of hydrogen-bond donors (Lipinski definition) is 2. The number of pyridine rings is 1. The molecule has 0 fully saturated rings. The third-order valence-electron chi connectivity index (χ3n) is 3.79. The lowest BCUT2D eigenvalue weighted by Crippen LogP contribution is -2.21. The van der Waals surface area contributed by atoms with Crippen molar-refractivity contribution in [2.24, 2.45) is 0 Å². The first-order valence-corrected chi connectivity index (χ1v) is 8.47. The number of aryl methyl sites for hydroxylation is 1. The molecule has 3 aromatic rings. The maximum absolute atomic E-state index is 12.6. The summed E-state index contributed by atoms with van der Waals surface area (Å²) < 4.78 is 0. The van der Waals surface area contributed by atoms with Gasteiger partial charge in [0.05, 0.1) is 16.9 Å². The highest BCUT2D eigenvalue weighted by molar-refractivity contribution is 7.21. The molecule has 0 atom stereocenters. The van der Waals surface area contributed by atoms with Gasteiger partial charge >= 0.3 is 0 Å². The van der Waals surface area contributed by atoms with Crippen molar-refractivity contribution >= 4 is 44.7 Å². The van der Waals surface area contributed by atoms with E-state index in [-0.39, 0.29) is 11.8 Å². The van der Waals surface area contributed by atoms with Gasteiger partial charge in [0.15, 0.2) is 0 Å². The molecule has 2 aromatic heterocycles. The second kappa shape index (κ2) is 6.52. The van der Waals surface area contributed by atoms with Gasteiger partial charge in [-0.3, -0.25) is 9.59 Å². The number of amides is 2. The zero-order valence-electron chi connectivity index (χ0n) is 14.2. The number of hydrogen-bond acceptors (Lipinski definition) is 5. The summed E-state index contributed by atoms with van der Waals surface area (Å²) in [7, 11) is 3.34. The average Bonchev–Trinajstić information content (AvgIpc) is 2.90. The zero-order valence-corrected chi connectivity index (χ0v) is 15.0. The van der Waals surface area contributed by atoms with Gasteiger partial charge in [0.2, 0.25) is 0 Å². The van der Waals surface area contributed by atoms with Crippen LogP contribution in [0.2, 0.25) is 0 Å². The van der Waals surface area contributed by atoms with Crippen molar-refractivity contribution in [1.29, 1.82) is 0 Å². The number of nitrogens with two attached hydrogens (primary N) is 1. The molecular formula is C18H18N4O2S. The van der Waals surface area contributed by atoms with E-state index in [2.05, 4.69) is 10.3 Å². The van der Waals surface area contributed by atoms with Crippen molar-refractivity contribution in [1.82, 2.24) is 9.88 Å². The Balaban J connectivity index is 2.02. The van der Waals surface area contributed by atoms with Crippen LogP contribution in [0, 0.1) is 6.92 Å². The number of anilines is 2. The number of nitrogen functional groups attached to an aromatic ring is 1. The average molecular weight is 354 g/mol. The van der Waals surface area contributed by atoms with Gasteiger partial charge < -0.3 is 16.0 Å². The first-order chi connectivity index (χ1) is 11.9. The summed E-state index contributed by atoms with van der Waals surface area (Å²) in [5, 5.41) is 3.46. The van der Waals surface area contributed by atoms with E-state index in [0.29, 0.717) is 37.7 Å². The molecule has 1 aromatic carbocycles. The fraction of sp³-hybridized carbons (Fsp3) is 0.167. The normalized spacial score (nSPS) is 10.7. The van der Waals surface area contributed by atoms with Crippen molar-refractivity contribution in [3.05, 3.63) is 52.5 Å². The minimum Gasteiger partial charge on any atom is -0.397 e. The van der Waals surface area contributed by atoms with Crippen LogP contribution in [0.5, 0.6) is 0 Å². The fourth-order valence-electron chi connectivity index (χ4n) is 2.44.